The highest BCUT2D eigenvalue weighted by atomic mass is 16.5. The molecule has 2 rings (SSSR count). The number of methoxy groups -OCH3 is 1. The average Bonchev–Trinajstić information content (AvgIpc) is 3.02. The lowest BCUT2D eigenvalue weighted by molar-refractivity contribution is 0.114. The molecule has 0 amide bonds. The van der Waals surface area contributed by atoms with E-state index < -0.39 is 0 Å². The fourth-order valence-electron chi connectivity index (χ4n) is 2.36. The molecule has 0 spiro atoms. The summed E-state index contributed by atoms with van der Waals surface area (Å²) in [5.74, 6) is 1.14. The SMILES string of the molecule is COc1c(CN=C(N)NCC2CCCO2)c(C)nn1C. The first kappa shape index (κ1) is 14.6. The molecule has 1 aliphatic rings. The third-order valence-electron chi connectivity index (χ3n) is 3.42. The largest absolute Gasteiger partial charge is 0.481 e. The number of nitrogens with two attached hydrogens (primary N) is 1. The van der Waals surface area contributed by atoms with Crippen LogP contribution in [0.2, 0.25) is 0 Å². The van der Waals surface area contributed by atoms with Gasteiger partial charge in [0, 0.05) is 20.2 Å². The van der Waals surface area contributed by atoms with Gasteiger partial charge in [0.25, 0.3) is 0 Å². The van der Waals surface area contributed by atoms with Crippen LogP contribution in [0.4, 0.5) is 0 Å². The summed E-state index contributed by atoms with van der Waals surface area (Å²) >= 11 is 0. The average molecular weight is 281 g/mol. The molecule has 20 heavy (non-hydrogen) atoms. The molecular formula is C13H23N5O2. The Morgan fingerprint density at radius 2 is 2.45 bits per heavy atom. The molecule has 0 saturated carbocycles. The van der Waals surface area contributed by atoms with Gasteiger partial charge in [-0.15, -0.1) is 0 Å². The zero-order valence-corrected chi connectivity index (χ0v) is 12.3. The number of guanidine groups is 1. The van der Waals surface area contributed by atoms with Crippen molar-refractivity contribution in [2.24, 2.45) is 17.8 Å². The maximum Gasteiger partial charge on any atom is 0.216 e. The number of hydrogen-bond donors (Lipinski definition) is 2. The van der Waals surface area contributed by atoms with Crippen LogP contribution in [-0.2, 0) is 18.3 Å². The van der Waals surface area contributed by atoms with E-state index in [1.807, 2.05) is 14.0 Å². The number of nitrogens with zero attached hydrogens (tertiary/aromatic N) is 3. The van der Waals surface area contributed by atoms with Crippen LogP contribution in [-0.4, -0.2) is 42.1 Å². The van der Waals surface area contributed by atoms with Gasteiger partial charge in [0.15, 0.2) is 5.96 Å². The summed E-state index contributed by atoms with van der Waals surface area (Å²) in [6.07, 6.45) is 2.45. The molecule has 7 heteroatoms. The maximum atomic E-state index is 5.86. The van der Waals surface area contributed by atoms with Gasteiger partial charge in [0.05, 0.1) is 31.0 Å². The molecule has 1 fully saturated rings. The summed E-state index contributed by atoms with van der Waals surface area (Å²) in [4.78, 5) is 4.33. The van der Waals surface area contributed by atoms with E-state index in [1.165, 1.54) is 0 Å². The minimum atomic E-state index is 0.249. The second-order valence-corrected chi connectivity index (χ2v) is 4.91. The second-order valence-electron chi connectivity index (χ2n) is 4.91. The Bertz CT molecular complexity index is 477. The van der Waals surface area contributed by atoms with Crippen LogP contribution in [0.5, 0.6) is 5.88 Å². The molecule has 1 saturated heterocycles. The quantitative estimate of drug-likeness (QED) is 0.599. The van der Waals surface area contributed by atoms with E-state index in [4.69, 9.17) is 15.2 Å². The van der Waals surface area contributed by atoms with Crippen LogP contribution in [0.1, 0.15) is 24.1 Å². The third kappa shape index (κ3) is 3.41. The van der Waals surface area contributed by atoms with Crippen molar-refractivity contribution in [2.45, 2.75) is 32.4 Å². The second kappa shape index (κ2) is 6.60. The van der Waals surface area contributed by atoms with Gasteiger partial charge in [-0.05, 0) is 19.8 Å². The van der Waals surface area contributed by atoms with E-state index in [2.05, 4.69) is 15.4 Å². The normalized spacial score (nSPS) is 19.4. The van der Waals surface area contributed by atoms with Crippen molar-refractivity contribution in [3.63, 3.8) is 0 Å². The molecule has 0 bridgehead atoms. The Morgan fingerprint density at radius 1 is 1.65 bits per heavy atom. The first-order valence-corrected chi connectivity index (χ1v) is 6.83. The van der Waals surface area contributed by atoms with E-state index in [0.717, 1.165) is 36.6 Å². The van der Waals surface area contributed by atoms with Gasteiger partial charge in [-0.25, -0.2) is 9.67 Å². The van der Waals surface area contributed by atoms with E-state index >= 15 is 0 Å². The van der Waals surface area contributed by atoms with Crippen molar-refractivity contribution < 1.29 is 9.47 Å². The number of aliphatic imine (C=N–C) groups is 1. The predicted molar refractivity (Wildman–Crippen MR) is 76.8 cm³/mol. The molecule has 0 aromatic carbocycles. The molecule has 1 aromatic rings. The summed E-state index contributed by atoms with van der Waals surface area (Å²) in [6.45, 7) is 3.94. The number of aromatic nitrogens is 2. The summed E-state index contributed by atoms with van der Waals surface area (Å²) < 4.78 is 12.5. The van der Waals surface area contributed by atoms with Crippen molar-refractivity contribution in [1.29, 1.82) is 0 Å². The lowest BCUT2D eigenvalue weighted by Crippen LogP contribution is -2.37. The molecule has 1 atom stereocenters. The van der Waals surface area contributed by atoms with Crippen molar-refractivity contribution in [1.82, 2.24) is 15.1 Å². The number of nitrogens with one attached hydrogen (secondary N) is 1. The molecule has 0 radical (unpaired) electrons. The van der Waals surface area contributed by atoms with Crippen molar-refractivity contribution in [3.05, 3.63) is 11.3 Å². The van der Waals surface area contributed by atoms with Crippen LogP contribution in [0.15, 0.2) is 4.99 Å². The fraction of sp³-hybridized carbons (Fsp3) is 0.692. The molecule has 3 N–H and O–H groups in total. The van der Waals surface area contributed by atoms with Gasteiger partial charge in [0.2, 0.25) is 5.88 Å². The molecular weight excluding hydrogens is 258 g/mol. The first-order valence-electron chi connectivity index (χ1n) is 6.83. The minimum absolute atomic E-state index is 0.249. The van der Waals surface area contributed by atoms with Gasteiger partial charge in [-0.1, -0.05) is 0 Å². The monoisotopic (exact) mass is 281 g/mol. The van der Waals surface area contributed by atoms with E-state index in [0.29, 0.717) is 19.0 Å². The third-order valence-corrected chi connectivity index (χ3v) is 3.42. The van der Waals surface area contributed by atoms with Crippen LogP contribution in [0.3, 0.4) is 0 Å². The van der Waals surface area contributed by atoms with E-state index in [1.54, 1.807) is 11.8 Å². The van der Waals surface area contributed by atoms with Gasteiger partial charge in [-0.2, -0.15) is 5.10 Å². The number of aryl methyl sites for hydroxylation is 2. The van der Waals surface area contributed by atoms with Crippen molar-refractivity contribution >= 4 is 5.96 Å². The smallest absolute Gasteiger partial charge is 0.216 e. The number of rotatable bonds is 5. The molecule has 1 aromatic heterocycles. The highest BCUT2D eigenvalue weighted by Gasteiger charge is 2.16. The van der Waals surface area contributed by atoms with Crippen LogP contribution in [0.25, 0.3) is 0 Å². The van der Waals surface area contributed by atoms with Crippen LogP contribution >= 0.6 is 0 Å². The molecule has 1 aliphatic heterocycles. The van der Waals surface area contributed by atoms with Crippen LogP contribution < -0.4 is 15.8 Å². The van der Waals surface area contributed by atoms with Crippen molar-refractivity contribution in [3.8, 4) is 5.88 Å². The molecule has 7 nitrogen and oxygen atoms in total. The summed E-state index contributed by atoms with van der Waals surface area (Å²) in [5, 5.41) is 7.40. The first-order chi connectivity index (χ1) is 9.61. The molecule has 0 aliphatic carbocycles. The highest BCUT2D eigenvalue weighted by molar-refractivity contribution is 5.77. The van der Waals surface area contributed by atoms with Gasteiger partial charge >= 0.3 is 0 Å². The Balaban J connectivity index is 1.90. The summed E-state index contributed by atoms with van der Waals surface area (Å²) in [6, 6.07) is 0. The van der Waals surface area contributed by atoms with Gasteiger partial charge in [0.1, 0.15) is 0 Å². The Morgan fingerprint density at radius 3 is 3.10 bits per heavy atom. The molecule has 2 heterocycles. The molecule has 1 unspecified atom stereocenters. The maximum absolute atomic E-state index is 5.86. The minimum Gasteiger partial charge on any atom is -0.481 e. The van der Waals surface area contributed by atoms with E-state index in [-0.39, 0.29) is 6.10 Å². The Hall–Kier alpha value is -1.76. The van der Waals surface area contributed by atoms with Crippen LogP contribution in [0, 0.1) is 6.92 Å². The fourth-order valence-corrected chi connectivity index (χ4v) is 2.36. The molecule has 112 valence electrons. The van der Waals surface area contributed by atoms with Gasteiger partial charge in [-0.3, -0.25) is 0 Å². The number of hydrogen-bond acceptors (Lipinski definition) is 4. The lowest BCUT2D eigenvalue weighted by Gasteiger charge is -2.11. The summed E-state index contributed by atoms with van der Waals surface area (Å²) in [7, 11) is 3.47. The lowest BCUT2D eigenvalue weighted by atomic mass is 10.2. The Kier molecular flexibility index (Phi) is 4.84. The highest BCUT2D eigenvalue weighted by Crippen LogP contribution is 2.21. The van der Waals surface area contributed by atoms with E-state index in [9.17, 15) is 0 Å². The van der Waals surface area contributed by atoms with Gasteiger partial charge < -0.3 is 20.5 Å². The Labute approximate surface area is 119 Å². The number of ether oxygens (including phenoxy) is 2. The summed E-state index contributed by atoms with van der Waals surface area (Å²) in [5.41, 5.74) is 7.72. The zero-order valence-electron chi connectivity index (χ0n) is 12.3. The predicted octanol–water partition coefficient (Wildman–Crippen LogP) is 0.320. The zero-order chi connectivity index (χ0) is 14.5. The standard InChI is InChI=1S/C13H23N5O2/c1-9-11(12(19-3)18(2)17-9)8-16-13(14)15-7-10-5-4-6-20-10/h10H,4-8H2,1-3H3,(H3,14,15,16). The topological polar surface area (TPSA) is 86.7 Å². The van der Waals surface area contributed by atoms with Crippen molar-refractivity contribution in [2.75, 3.05) is 20.3 Å².